The van der Waals surface area contributed by atoms with E-state index in [2.05, 4.69) is 15.2 Å². The number of aromatic nitrogens is 1. The van der Waals surface area contributed by atoms with E-state index in [1.807, 2.05) is 22.8 Å². The minimum absolute atomic E-state index is 0.0289. The lowest BCUT2D eigenvalue weighted by atomic mass is 9.91. The highest BCUT2D eigenvalue weighted by molar-refractivity contribution is 5.94. The highest BCUT2D eigenvalue weighted by Crippen LogP contribution is 2.26. The first-order valence-electron chi connectivity index (χ1n) is 10.1. The van der Waals surface area contributed by atoms with Crippen LogP contribution in [-0.4, -0.2) is 83.0 Å². The van der Waals surface area contributed by atoms with Crippen LogP contribution in [0.3, 0.4) is 0 Å². The van der Waals surface area contributed by atoms with Gasteiger partial charge < -0.3 is 15.1 Å². The van der Waals surface area contributed by atoms with Crippen molar-refractivity contribution in [3.8, 4) is 0 Å². The Hall–Kier alpha value is -2.15. The molecule has 0 spiro atoms. The lowest BCUT2D eigenvalue weighted by molar-refractivity contribution is 0.0796. The molecule has 3 amide bonds. The van der Waals surface area contributed by atoms with Gasteiger partial charge in [-0.1, -0.05) is 6.42 Å². The van der Waals surface area contributed by atoms with Gasteiger partial charge in [-0.05, 0) is 38.3 Å². The minimum atomic E-state index is -0.120. The molecule has 3 aliphatic rings. The van der Waals surface area contributed by atoms with E-state index in [0.29, 0.717) is 18.7 Å². The molecule has 3 fully saturated rings. The normalized spacial score (nSPS) is 22.0. The maximum absolute atomic E-state index is 12.7. The SMILES string of the molecule is Cc1ccc(C(=O)NC2CN(C(=O)N3CCCN(C4CCC4)CC3)C2)cn1. The van der Waals surface area contributed by atoms with Gasteiger partial charge in [-0.3, -0.25) is 14.7 Å². The molecule has 1 aromatic rings. The van der Waals surface area contributed by atoms with Crippen LogP contribution in [-0.2, 0) is 0 Å². The average molecular weight is 371 g/mol. The molecule has 2 saturated heterocycles. The number of hydrogen-bond donors (Lipinski definition) is 1. The molecule has 4 rings (SSSR count). The van der Waals surface area contributed by atoms with Gasteiger partial charge >= 0.3 is 6.03 Å². The van der Waals surface area contributed by atoms with Crippen molar-refractivity contribution in [2.45, 2.75) is 44.7 Å². The number of pyridine rings is 1. The molecule has 0 bridgehead atoms. The van der Waals surface area contributed by atoms with Gasteiger partial charge in [0, 0.05) is 57.2 Å². The summed E-state index contributed by atoms with van der Waals surface area (Å²) in [5, 5.41) is 2.99. The molecule has 146 valence electrons. The Bertz CT molecular complexity index is 682. The Balaban J connectivity index is 1.22. The van der Waals surface area contributed by atoms with E-state index >= 15 is 0 Å². The molecular weight excluding hydrogens is 342 g/mol. The number of nitrogens with zero attached hydrogens (tertiary/aromatic N) is 4. The highest BCUT2D eigenvalue weighted by Gasteiger charge is 2.35. The van der Waals surface area contributed by atoms with Gasteiger partial charge in [0.1, 0.15) is 0 Å². The molecule has 1 aliphatic carbocycles. The topological polar surface area (TPSA) is 68.8 Å². The third-order valence-electron chi connectivity index (χ3n) is 6.05. The van der Waals surface area contributed by atoms with Gasteiger partial charge in [0.2, 0.25) is 0 Å². The number of likely N-dealkylation sites (tertiary alicyclic amines) is 1. The molecule has 3 heterocycles. The zero-order valence-electron chi connectivity index (χ0n) is 16.1. The number of urea groups is 1. The van der Waals surface area contributed by atoms with E-state index in [0.717, 1.165) is 44.3 Å². The molecule has 1 aromatic heterocycles. The molecule has 7 nitrogen and oxygen atoms in total. The maximum Gasteiger partial charge on any atom is 0.320 e. The van der Waals surface area contributed by atoms with Crippen molar-refractivity contribution >= 4 is 11.9 Å². The summed E-state index contributed by atoms with van der Waals surface area (Å²) in [4.78, 5) is 35.5. The second-order valence-corrected chi connectivity index (χ2v) is 8.01. The van der Waals surface area contributed by atoms with Crippen molar-refractivity contribution in [3.63, 3.8) is 0 Å². The molecule has 2 aliphatic heterocycles. The van der Waals surface area contributed by atoms with Crippen molar-refractivity contribution in [2.24, 2.45) is 0 Å². The molecule has 1 saturated carbocycles. The third-order valence-corrected chi connectivity index (χ3v) is 6.05. The maximum atomic E-state index is 12.7. The molecule has 0 aromatic carbocycles. The van der Waals surface area contributed by atoms with E-state index < -0.39 is 0 Å². The fourth-order valence-corrected chi connectivity index (χ4v) is 4.04. The summed E-state index contributed by atoms with van der Waals surface area (Å²) in [6.45, 7) is 6.83. The van der Waals surface area contributed by atoms with E-state index in [-0.39, 0.29) is 18.0 Å². The quantitative estimate of drug-likeness (QED) is 0.874. The van der Waals surface area contributed by atoms with Crippen LogP contribution in [0.15, 0.2) is 18.3 Å². The monoisotopic (exact) mass is 371 g/mol. The number of nitrogens with one attached hydrogen (secondary N) is 1. The fraction of sp³-hybridized carbons (Fsp3) is 0.650. The van der Waals surface area contributed by atoms with Crippen LogP contribution in [0.5, 0.6) is 0 Å². The van der Waals surface area contributed by atoms with Crippen molar-refractivity contribution in [3.05, 3.63) is 29.6 Å². The van der Waals surface area contributed by atoms with Gasteiger partial charge in [0.15, 0.2) is 0 Å². The average Bonchev–Trinajstić information content (AvgIpc) is 2.82. The number of aryl methyl sites for hydroxylation is 1. The Morgan fingerprint density at radius 1 is 1.04 bits per heavy atom. The Kier molecular flexibility index (Phi) is 5.29. The van der Waals surface area contributed by atoms with E-state index in [9.17, 15) is 9.59 Å². The highest BCUT2D eigenvalue weighted by atomic mass is 16.2. The van der Waals surface area contributed by atoms with Gasteiger partial charge in [0.05, 0.1) is 11.6 Å². The first kappa shape index (κ1) is 18.2. The summed E-state index contributed by atoms with van der Waals surface area (Å²) in [7, 11) is 0. The smallest absolute Gasteiger partial charge is 0.320 e. The number of hydrogen-bond acceptors (Lipinski definition) is 4. The zero-order chi connectivity index (χ0) is 18.8. The van der Waals surface area contributed by atoms with Crippen molar-refractivity contribution in [2.75, 3.05) is 39.3 Å². The Morgan fingerprint density at radius 2 is 1.85 bits per heavy atom. The van der Waals surface area contributed by atoms with Gasteiger partial charge in [-0.2, -0.15) is 0 Å². The summed E-state index contributed by atoms with van der Waals surface area (Å²) in [6, 6.07) is 4.51. The molecule has 0 radical (unpaired) electrons. The summed E-state index contributed by atoms with van der Waals surface area (Å²) in [5.74, 6) is -0.120. The second-order valence-electron chi connectivity index (χ2n) is 8.01. The standard InChI is InChI=1S/C20H29N5O2/c1-15-6-7-16(12-21-15)19(26)22-17-13-25(14-17)20(27)24-9-3-8-23(10-11-24)18-4-2-5-18/h6-7,12,17-18H,2-5,8-11,13-14H2,1H3,(H,22,26). The summed E-state index contributed by atoms with van der Waals surface area (Å²) >= 11 is 0. The Morgan fingerprint density at radius 3 is 2.52 bits per heavy atom. The second kappa shape index (κ2) is 7.84. The molecule has 1 N–H and O–H groups in total. The molecule has 0 unspecified atom stereocenters. The molecular formula is C20H29N5O2. The summed E-state index contributed by atoms with van der Waals surface area (Å²) in [5.41, 5.74) is 1.45. The van der Waals surface area contributed by atoms with Crippen molar-refractivity contribution in [1.29, 1.82) is 0 Å². The van der Waals surface area contributed by atoms with Crippen LogP contribution in [0.25, 0.3) is 0 Å². The minimum Gasteiger partial charge on any atom is -0.346 e. The predicted molar refractivity (Wildman–Crippen MR) is 103 cm³/mol. The first-order chi connectivity index (χ1) is 13.1. The number of carbonyl (C=O) groups excluding carboxylic acids is 2. The zero-order valence-corrected chi connectivity index (χ0v) is 16.1. The fourth-order valence-electron chi connectivity index (χ4n) is 4.04. The van der Waals surface area contributed by atoms with Gasteiger partial charge in [-0.25, -0.2) is 4.79 Å². The number of rotatable bonds is 3. The molecule has 27 heavy (non-hydrogen) atoms. The lowest BCUT2D eigenvalue weighted by Gasteiger charge is -2.42. The summed E-state index contributed by atoms with van der Waals surface area (Å²) in [6.07, 6.45) is 6.63. The van der Waals surface area contributed by atoms with Crippen molar-refractivity contribution < 1.29 is 9.59 Å². The summed E-state index contributed by atoms with van der Waals surface area (Å²) < 4.78 is 0. The lowest BCUT2D eigenvalue weighted by Crippen LogP contribution is -2.63. The number of amides is 3. The van der Waals surface area contributed by atoms with Crippen LogP contribution < -0.4 is 5.32 Å². The number of carbonyl (C=O) groups is 2. The van der Waals surface area contributed by atoms with Gasteiger partial charge in [0.25, 0.3) is 5.91 Å². The molecule has 7 heteroatoms. The van der Waals surface area contributed by atoms with Crippen LogP contribution in [0.4, 0.5) is 4.79 Å². The van der Waals surface area contributed by atoms with E-state index in [1.54, 1.807) is 12.3 Å². The van der Waals surface area contributed by atoms with E-state index in [4.69, 9.17) is 0 Å². The predicted octanol–water partition coefficient (Wildman–Crippen LogP) is 1.48. The van der Waals surface area contributed by atoms with Crippen LogP contribution >= 0.6 is 0 Å². The first-order valence-corrected chi connectivity index (χ1v) is 10.1. The van der Waals surface area contributed by atoms with Crippen LogP contribution in [0, 0.1) is 6.92 Å². The van der Waals surface area contributed by atoms with E-state index in [1.165, 1.54) is 19.3 Å². The van der Waals surface area contributed by atoms with Crippen LogP contribution in [0.2, 0.25) is 0 Å². The molecule has 0 atom stereocenters. The van der Waals surface area contributed by atoms with Gasteiger partial charge in [-0.15, -0.1) is 0 Å². The largest absolute Gasteiger partial charge is 0.346 e. The van der Waals surface area contributed by atoms with Crippen LogP contribution in [0.1, 0.15) is 41.7 Å². The van der Waals surface area contributed by atoms with Crippen molar-refractivity contribution in [1.82, 2.24) is 25.0 Å². The third kappa shape index (κ3) is 4.08. The Labute approximate surface area is 160 Å².